The molecule has 252 valence electrons. The Labute approximate surface area is 296 Å². The van der Waals surface area contributed by atoms with E-state index in [-0.39, 0.29) is 22.0 Å². The van der Waals surface area contributed by atoms with E-state index >= 15 is 0 Å². The van der Waals surface area contributed by atoms with Crippen LogP contribution in [0.1, 0.15) is 79.0 Å². The minimum Gasteiger partial charge on any atom is -0.507 e. The number of phenols is 1. The van der Waals surface area contributed by atoms with Gasteiger partial charge in [0.25, 0.3) is 0 Å². The molecule has 7 rings (SSSR count). The molecular weight excluding hydrogens is 611 g/mol. The van der Waals surface area contributed by atoms with Gasteiger partial charge in [0.05, 0.1) is 22.1 Å². The van der Waals surface area contributed by atoms with E-state index in [0.717, 1.165) is 49.9 Å². The molecule has 0 unspecified atom stereocenters. The van der Waals surface area contributed by atoms with Crippen LogP contribution in [0.4, 0.5) is 0 Å². The first kappa shape index (κ1) is 33.3. The summed E-state index contributed by atoms with van der Waals surface area (Å²) in [5.41, 5.74) is 12.7. The van der Waals surface area contributed by atoms with Crippen LogP contribution in [-0.2, 0) is 16.2 Å². The molecular formula is C46H47N3O. The lowest BCUT2D eigenvalue weighted by Crippen LogP contribution is -2.12. The number of rotatable bonds is 4. The lowest BCUT2D eigenvalue weighted by molar-refractivity contribution is 0.477. The van der Waals surface area contributed by atoms with Gasteiger partial charge in [-0.2, -0.15) is 0 Å². The first-order valence-electron chi connectivity index (χ1n) is 17.6. The summed E-state index contributed by atoms with van der Waals surface area (Å²) in [5, 5.41) is 12.2. The highest BCUT2D eigenvalue weighted by Crippen LogP contribution is 2.41. The summed E-state index contributed by atoms with van der Waals surface area (Å²) in [4.78, 5) is 10.2. The Bertz CT molecular complexity index is 2380. The van der Waals surface area contributed by atoms with Gasteiger partial charge in [-0.25, -0.2) is 4.98 Å². The Morgan fingerprint density at radius 2 is 1.14 bits per heavy atom. The second kappa shape index (κ2) is 12.0. The zero-order valence-corrected chi connectivity index (χ0v) is 30.8. The number of hydrogen-bond acceptors (Lipinski definition) is 3. The van der Waals surface area contributed by atoms with E-state index in [9.17, 15) is 5.11 Å². The van der Waals surface area contributed by atoms with Crippen LogP contribution in [0.15, 0.2) is 115 Å². The minimum absolute atomic E-state index is 0.0217. The number of fused-ring (bicyclic) bond motifs is 2. The molecule has 2 aromatic heterocycles. The van der Waals surface area contributed by atoms with Crippen LogP contribution in [-0.4, -0.2) is 19.6 Å². The number of imidazole rings is 1. The van der Waals surface area contributed by atoms with E-state index < -0.39 is 0 Å². The van der Waals surface area contributed by atoms with E-state index in [0.29, 0.717) is 11.4 Å². The van der Waals surface area contributed by atoms with Crippen molar-refractivity contribution >= 4 is 21.9 Å². The molecule has 4 heteroatoms. The smallest absolute Gasteiger partial charge is 0.149 e. The van der Waals surface area contributed by atoms with Gasteiger partial charge in [0.2, 0.25) is 0 Å². The van der Waals surface area contributed by atoms with Crippen LogP contribution < -0.4 is 0 Å². The molecule has 4 nitrogen and oxygen atoms in total. The predicted octanol–water partition coefficient (Wildman–Crippen LogP) is 12.2. The second-order valence-corrected chi connectivity index (χ2v) is 16.7. The molecule has 0 saturated heterocycles. The van der Waals surface area contributed by atoms with Crippen LogP contribution in [0, 0.1) is 0 Å². The van der Waals surface area contributed by atoms with Crippen molar-refractivity contribution in [2.45, 2.75) is 78.6 Å². The van der Waals surface area contributed by atoms with Crippen molar-refractivity contribution < 1.29 is 5.11 Å². The van der Waals surface area contributed by atoms with Crippen LogP contribution in [0.5, 0.6) is 5.75 Å². The monoisotopic (exact) mass is 657 g/mol. The molecule has 7 aromatic rings. The molecule has 1 N–H and O–H groups in total. The lowest BCUT2D eigenvalue weighted by Gasteiger charge is -2.24. The van der Waals surface area contributed by atoms with Gasteiger partial charge >= 0.3 is 0 Å². The number of hydrogen-bond donors (Lipinski definition) is 1. The summed E-state index contributed by atoms with van der Waals surface area (Å²) in [6.45, 7) is 20.3. The highest BCUT2D eigenvalue weighted by atomic mass is 16.3. The molecule has 2 heterocycles. The lowest BCUT2D eigenvalue weighted by atomic mass is 9.81. The first-order chi connectivity index (χ1) is 23.6. The van der Waals surface area contributed by atoms with Crippen molar-refractivity contribution in [3.8, 4) is 45.1 Å². The highest BCUT2D eigenvalue weighted by Gasteiger charge is 2.24. The maximum atomic E-state index is 11.1. The normalized spacial score (nSPS) is 12.6. The van der Waals surface area contributed by atoms with Crippen molar-refractivity contribution in [3.05, 3.63) is 132 Å². The predicted molar refractivity (Wildman–Crippen MR) is 210 cm³/mol. The molecule has 0 saturated carbocycles. The van der Waals surface area contributed by atoms with Crippen LogP contribution in [0.2, 0.25) is 0 Å². The second-order valence-electron chi connectivity index (χ2n) is 16.7. The van der Waals surface area contributed by atoms with Gasteiger partial charge in [-0.1, -0.05) is 117 Å². The molecule has 5 aromatic carbocycles. The molecule has 0 fully saturated rings. The van der Waals surface area contributed by atoms with E-state index in [1.165, 1.54) is 16.7 Å². The molecule has 0 aliphatic heterocycles. The standard InChI is InChI=1S/C46H47N3O/c1-44(2,3)32-19-21-35(22-20-32)49-39-17-12-16-36(42(39)48-43(49)37-15-10-11-18-40(37)50)30-24-31(27-33(26-30)45(4,5)6)38-28-34(46(7,8)9)25-29-14-13-23-47-41(29)38/h10-28,50H,1-9H3. The number of benzene rings is 5. The fraction of sp³-hybridized carbons (Fsp3) is 0.261. The van der Waals surface area contributed by atoms with Crippen LogP contribution in [0.3, 0.4) is 0 Å². The first-order valence-corrected chi connectivity index (χ1v) is 17.6. The summed E-state index contributed by atoms with van der Waals surface area (Å²) in [6.07, 6.45) is 1.89. The molecule has 50 heavy (non-hydrogen) atoms. The van der Waals surface area contributed by atoms with E-state index in [1.54, 1.807) is 6.07 Å². The van der Waals surface area contributed by atoms with E-state index in [2.05, 4.69) is 146 Å². The molecule has 0 bridgehead atoms. The number of nitrogens with zero attached hydrogens (tertiary/aromatic N) is 3. The van der Waals surface area contributed by atoms with Gasteiger partial charge in [-0.3, -0.25) is 9.55 Å². The van der Waals surface area contributed by atoms with Gasteiger partial charge < -0.3 is 5.11 Å². The van der Waals surface area contributed by atoms with Crippen molar-refractivity contribution in [2.75, 3.05) is 0 Å². The topological polar surface area (TPSA) is 50.9 Å². The van der Waals surface area contributed by atoms with E-state index in [1.807, 2.05) is 30.5 Å². The maximum Gasteiger partial charge on any atom is 0.149 e. The Morgan fingerprint density at radius 1 is 0.520 bits per heavy atom. The van der Waals surface area contributed by atoms with Crippen molar-refractivity contribution in [1.82, 2.24) is 14.5 Å². The van der Waals surface area contributed by atoms with Crippen molar-refractivity contribution in [2.24, 2.45) is 0 Å². The average Bonchev–Trinajstić information content (AvgIpc) is 3.46. The summed E-state index contributed by atoms with van der Waals surface area (Å²) < 4.78 is 2.18. The molecule has 0 aliphatic carbocycles. The summed E-state index contributed by atoms with van der Waals surface area (Å²) in [7, 11) is 0. The van der Waals surface area contributed by atoms with Crippen LogP contribution >= 0.6 is 0 Å². The zero-order chi connectivity index (χ0) is 35.6. The van der Waals surface area contributed by atoms with Crippen LogP contribution in [0.25, 0.3) is 61.3 Å². The fourth-order valence-electron chi connectivity index (χ4n) is 6.76. The maximum absolute atomic E-state index is 11.1. The molecule has 0 spiro atoms. The molecule has 0 aliphatic rings. The Hall–Kier alpha value is -5.22. The Balaban J connectivity index is 1.51. The molecule has 0 atom stereocenters. The average molecular weight is 658 g/mol. The highest BCUT2D eigenvalue weighted by molar-refractivity contribution is 5.99. The van der Waals surface area contributed by atoms with Crippen molar-refractivity contribution in [1.29, 1.82) is 0 Å². The number of para-hydroxylation sites is 2. The molecule has 0 amide bonds. The third kappa shape index (κ3) is 6.08. The quantitative estimate of drug-likeness (QED) is 0.205. The Morgan fingerprint density at radius 3 is 1.80 bits per heavy atom. The number of phenolic OH excluding ortho intramolecular Hbond substituents is 1. The largest absolute Gasteiger partial charge is 0.507 e. The number of aromatic nitrogens is 3. The van der Waals surface area contributed by atoms with Crippen molar-refractivity contribution in [3.63, 3.8) is 0 Å². The fourth-order valence-corrected chi connectivity index (χ4v) is 6.76. The van der Waals surface area contributed by atoms with Gasteiger partial charge in [-0.05, 0) is 98.7 Å². The van der Waals surface area contributed by atoms with Gasteiger partial charge in [0, 0.05) is 28.4 Å². The SMILES string of the molecule is CC(C)(C)c1ccc(-n2c(-c3ccccc3O)nc3c(-c4cc(-c5cc(C(C)(C)C)cc6cccnc56)cc(C(C)(C)C)c4)cccc32)cc1. The van der Waals surface area contributed by atoms with Gasteiger partial charge in [0.1, 0.15) is 11.6 Å². The third-order valence-corrected chi connectivity index (χ3v) is 9.81. The zero-order valence-electron chi connectivity index (χ0n) is 30.8. The molecule has 0 radical (unpaired) electrons. The summed E-state index contributed by atoms with van der Waals surface area (Å²) in [6, 6.07) is 38.4. The van der Waals surface area contributed by atoms with Gasteiger partial charge in [0.15, 0.2) is 0 Å². The number of pyridine rings is 1. The minimum atomic E-state index is -0.0985. The van der Waals surface area contributed by atoms with E-state index in [4.69, 9.17) is 9.97 Å². The Kier molecular flexibility index (Phi) is 7.98. The van der Waals surface area contributed by atoms with Gasteiger partial charge in [-0.15, -0.1) is 0 Å². The third-order valence-electron chi connectivity index (χ3n) is 9.81. The summed E-state index contributed by atoms with van der Waals surface area (Å²) in [5.74, 6) is 0.904. The number of aromatic hydroxyl groups is 1. The summed E-state index contributed by atoms with van der Waals surface area (Å²) >= 11 is 0.